The molecule has 1 aliphatic heterocycles. The Balaban J connectivity index is 1.72. The molecule has 1 aromatic heterocycles. The van der Waals surface area contributed by atoms with E-state index in [1.807, 2.05) is 17.6 Å². The molecular formula is C14H16N2O2S2. The fraction of sp³-hybridized carbons (Fsp3) is 0.357. The van der Waals surface area contributed by atoms with Crippen LogP contribution < -0.4 is 14.8 Å². The summed E-state index contributed by atoms with van der Waals surface area (Å²) in [5.74, 6) is 2.61. The number of thiazole rings is 1. The first kappa shape index (κ1) is 13.7. The van der Waals surface area contributed by atoms with Crippen molar-refractivity contribution in [2.45, 2.75) is 17.3 Å². The Morgan fingerprint density at radius 3 is 3.10 bits per heavy atom. The molecule has 0 saturated carbocycles. The second-order valence-corrected chi connectivity index (χ2v) is 6.49. The molecule has 0 bridgehead atoms. The van der Waals surface area contributed by atoms with Gasteiger partial charge in [-0.3, -0.25) is 0 Å². The van der Waals surface area contributed by atoms with E-state index in [0.29, 0.717) is 6.79 Å². The van der Waals surface area contributed by atoms with Crippen molar-refractivity contribution in [2.24, 2.45) is 0 Å². The fourth-order valence-corrected chi connectivity index (χ4v) is 3.84. The molecule has 0 saturated heterocycles. The van der Waals surface area contributed by atoms with Crippen molar-refractivity contribution in [3.05, 3.63) is 35.3 Å². The molecule has 1 aromatic carbocycles. The van der Waals surface area contributed by atoms with Crippen molar-refractivity contribution in [1.82, 2.24) is 10.3 Å². The van der Waals surface area contributed by atoms with E-state index in [9.17, 15) is 0 Å². The van der Waals surface area contributed by atoms with Crippen molar-refractivity contribution < 1.29 is 9.47 Å². The van der Waals surface area contributed by atoms with E-state index in [4.69, 9.17) is 9.47 Å². The van der Waals surface area contributed by atoms with Gasteiger partial charge >= 0.3 is 0 Å². The summed E-state index contributed by atoms with van der Waals surface area (Å²) in [6, 6.07) is 6.43. The zero-order chi connectivity index (χ0) is 13.8. The summed E-state index contributed by atoms with van der Waals surface area (Å²) in [7, 11) is 0. The van der Waals surface area contributed by atoms with Gasteiger partial charge in [0.1, 0.15) is 4.34 Å². The average Bonchev–Trinajstić information content (AvgIpc) is 3.13. The predicted molar refractivity (Wildman–Crippen MR) is 81.8 cm³/mol. The highest BCUT2D eigenvalue weighted by Crippen LogP contribution is 2.35. The number of aromatic nitrogens is 1. The van der Waals surface area contributed by atoms with Gasteiger partial charge in [0.25, 0.3) is 0 Å². The number of fused-ring (bicyclic) bond motifs is 1. The SMILES string of the molecule is CCNC(CSc1nccs1)c1ccc2c(c1)OCO2. The third-order valence-electron chi connectivity index (χ3n) is 3.03. The topological polar surface area (TPSA) is 43.4 Å². The molecule has 4 nitrogen and oxygen atoms in total. The summed E-state index contributed by atoms with van der Waals surface area (Å²) < 4.78 is 11.9. The maximum Gasteiger partial charge on any atom is 0.231 e. The van der Waals surface area contributed by atoms with Gasteiger partial charge in [-0.2, -0.15) is 0 Å². The lowest BCUT2D eigenvalue weighted by atomic mass is 10.1. The Bertz CT molecular complexity index is 560. The molecule has 1 atom stereocenters. The van der Waals surface area contributed by atoms with Gasteiger partial charge in [-0.1, -0.05) is 24.8 Å². The van der Waals surface area contributed by atoms with Crippen LogP contribution in [0.1, 0.15) is 18.5 Å². The monoisotopic (exact) mass is 308 g/mol. The molecule has 0 radical (unpaired) electrons. The third kappa shape index (κ3) is 3.08. The fourth-order valence-electron chi connectivity index (χ4n) is 2.09. The van der Waals surface area contributed by atoms with Crippen molar-refractivity contribution in [1.29, 1.82) is 0 Å². The standard InChI is InChI=1S/C14H16N2O2S2/c1-2-15-11(8-20-14-16-5-6-19-14)10-3-4-12-13(7-10)18-9-17-12/h3-7,11,15H,2,8-9H2,1H3. The highest BCUT2D eigenvalue weighted by Gasteiger charge is 2.18. The van der Waals surface area contributed by atoms with Crippen LogP contribution in [-0.2, 0) is 0 Å². The molecule has 6 heteroatoms. The summed E-state index contributed by atoms with van der Waals surface area (Å²) in [6.45, 7) is 3.37. The molecule has 1 N–H and O–H groups in total. The number of benzene rings is 1. The van der Waals surface area contributed by atoms with E-state index in [-0.39, 0.29) is 6.04 Å². The minimum Gasteiger partial charge on any atom is -0.454 e. The van der Waals surface area contributed by atoms with Crippen LogP contribution in [0.15, 0.2) is 34.1 Å². The van der Waals surface area contributed by atoms with Crippen LogP contribution in [0.3, 0.4) is 0 Å². The number of nitrogens with zero attached hydrogens (tertiary/aromatic N) is 1. The number of rotatable bonds is 6. The van der Waals surface area contributed by atoms with Crippen LogP contribution in [0, 0.1) is 0 Å². The van der Waals surface area contributed by atoms with Crippen LogP contribution in [0.5, 0.6) is 11.5 Å². The maximum atomic E-state index is 5.45. The molecule has 0 aliphatic carbocycles. The first-order valence-corrected chi connectivity index (χ1v) is 8.38. The zero-order valence-corrected chi connectivity index (χ0v) is 12.8. The Kier molecular flexibility index (Phi) is 4.44. The van der Waals surface area contributed by atoms with E-state index in [2.05, 4.69) is 29.4 Å². The third-order valence-corrected chi connectivity index (χ3v) is 5.09. The quantitative estimate of drug-likeness (QED) is 0.829. The van der Waals surface area contributed by atoms with Crippen LogP contribution in [0.4, 0.5) is 0 Å². The largest absolute Gasteiger partial charge is 0.454 e. The number of hydrogen-bond donors (Lipinski definition) is 1. The van der Waals surface area contributed by atoms with Crippen molar-refractivity contribution >= 4 is 23.1 Å². The predicted octanol–water partition coefficient (Wildman–Crippen LogP) is 3.31. The molecule has 2 aromatic rings. The Morgan fingerprint density at radius 2 is 2.30 bits per heavy atom. The molecular weight excluding hydrogens is 292 g/mol. The van der Waals surface area contributed by atoms with Gasteiger partial charge < -0.3 is 14.8 Å². The molecule has 0 amide bonds. The van der Waals surface area contributed by atoms with Gasteiger partial charge in [-0.25, -0.2) is 4.98 Å². The van der Waals surface area contributed by atoms with E-state index in [1.54, 1.807) is 23.1 Å². The van der Waals surface area contributed by atoms with E-state index in [0.717, 1.165) is 28.1 Å². The van der Waals surface area contributed by atoms with E-state index in [1.165, 1.54) is 5.56 Å². The highest BCUT2D eigenvalue weighted by molar-refractivity contribution is 8.01. The smallest absolute Gasteiger partial charge is 0.231 e. The van der Waals surface area contributed by atoms with E-state index >= 15 is 0 Å². The van der Waals surface area contributed by atoms with Crippen LogP contribution >= 0.6 is 23.1 Å². The molecule has 1 unspecified atom stereocenters. The average molecular weight is 308 g/mol. The van der Waals surface area contributed by atoms with Crippen LogP contribution in [-0.4, -0.2) is 24.1 Å². The second-order valence-electron chi connectivity index (χ2n) is 4.33. The van der Waals surface area contributed by atoms with Crippen LogP contribution in [0.25, 0.3) is 0 Å². The number of hydrogen-bond acceptors (Lipinski definition) is 6. The van der Waals surface area contributed by atoms with Gasteiger partial charge in [0.05, 0.1) is 0 Å². The number of ether oxygens (including phenoxy) is 2. The molecule has 106 valence electrons. The minimum absolute atomic E-state index is 0.281. The molecule has 3 rings (SSSR count). The van der Waals surface area contributed by atoms with Gasteiger partial charge in [-0.05, 0) is 24.2 Å². The lowest BCUT2D eigenvalue weighted by Gasteiger charge is -2.17. The molecule has 2 heterocycles. The van der Waals surface area contributed by atoms with Crippen molar-refractivity contribution in [2.75, 3.05) is 19.1 Å². The van der Waals surface area contributed by atoms with Crippen LogP contribution in [0.2, 0.25) is 0 Å². The van der Waals surface area contributed by atoms with Gasteiger partial charge in [0, 0.05) is 23.4 Å². The summed E-state index contributed by atoms with van der Waals surface area (Å²) in [5, 5.41) is 5.52. The number of thioether (sulfide) groups is 1. The minimum atomic E-state index is 0.281. The Hall–Kier alpha value is -1.24. The molecule has 0 spiro atoms. The summed E-state index contributed by atoms with van der Waals surface area (Å²) in [5.41, 5.74) is 1.22. The van der Waals surface area contributed by atoms with Gasteiger partial charge in [0.15, 0.2) is 11.5 Å². The second kappa shape index (κ2) is 6.47. The highest BCUT2D eigenvalue weighted by atomic mass is 32.2. The number of nitrogens with one attached hydrogen (secondary N) is 1. The maximum absolute atomic E-state index is 5.45. The van der Waals surface area contributed by atoms with Gasteiger partial charge in [0.2, 0.25) is 6.79 Å². The van der Waals surface area contributed by atoms with E-state index < -0.39 is 0 Å². The normalized spacial score (nSPS) is 14.4. The van der Waals surface area contributed by atoms with Crippen molar-refractivity contribution in [3.63, 3.8) is 0 Å². The Morgan fingerprint density at radius 1 is 1.40 bits per heavy atom. The summed E-state index contributed by atoms with van der Waals surface area (Å²) in [6.07, 6.45) is 1.84. The molecule has 0 fully saturated rings. The zero-order valence-electron chi connectivity index (χ0n) is 11.2. The first-order chi connectivity index (χ1) is 9.86. The molecule has 1 aliphatic rings. The lowest BCUT2D eigenvalue weighted by molar-refractivity contribution is 0.174. The Labute approximate surface area is 126 Å². The van der Waals surface area contributed by atoms with Crippen molar-refractivity contribution in [3.8, 4) is 11.5 Å². The summed E-state index contributed by atoms with van der Waals surface area (Å²) in [4.78, 5) is 4.31. The summed E-state index contributed by atoms with van der Waals surface area (Å²) >= 11 is 3.45. The lowest BCUT2D eigenvalue weighted by Crippen LogP contribution is -2.22. The first-order valence-electron chi connectivity index (χ1n) is 6.52. The van der Waals surface area contributed by atoms with Gasteiger partial charge in [-0.15, -0.1) is 11.3 Å². The molecule has 20 heavy (non-hydrogen) atoms.